The number of rotatable bonds is 5. The highest BCUT2D eigenvalue weighted by Crippen LogP contribution is 2.59. The van der Waals surface area contributed by atoms with Crippen molar-refractivity contribution in [2.45, 2.75) is 54.1 Å². The molecule has 0 amide bonds. The van der Waals surface area contributed by atoms with E-state index in [9.17, 15) is 4.79 Å². The molecule has 1 aromatic rings. The molecule has 1 aliphatic rings. The summed E-state index contributed by atoms with van der Waals surface area (Å²) in [4.78, 5) is 12.4. The van der Waals surface area contributed by atoms with Gasteiger partial charge in [-0.25, -0.2) is 0 Å². The molecule has 0 aromatic heterocycles. The van der Waals surface area contributed by atoms with Crippen LogP contribution in [0, 0.1) is 17.3 Å². The second-order valence-electron chi connectivity index (χ2n) is 7.58. The number of hydrogen-bond acceptors (Lipinski definition) is 2. The third-order valence-electron chi connectivity index (χ3n) is 4.68. The van der Waals surface area contributed by atoms with E-state index in [1.165, 1.54) is 11.1 Å². The Balaban J connectivity index is 1.97. The third-order valence-corrected chi connectivity index (χ3v) is 4.68. The van der Waals surface area contributed by atoms with Crippen molar-refractivity contribution in [1.82, 2.24) is 0 Å². The molecule has 0 saturated heterocycles. The second kappa shape index (κ2) is 6.28. The van der Waals surface area contributed by atoms with Gasteiger partial charge in [0.05, 0.1) is 5.92 Å². The Morgan fingerprint density at radius 2 is 2.00 bits per heavy atom. The molecule has 2 nitrogen and oxygen atoms in total. The van der Waals surface area contributed by atoms with Gasteiger partial charge < -0.3 is 4.74 Å². The molecule has 0 heterocycles. The van der Waals surface area contributed by atoms with Crippen molar-refractivity contribution in [1.29, 1.82) is 0 Å². The van der Waals surface area contributed by atoms with E-state index in [2.05, 4.69) is 59.8 Å². The maximum absolute atomic E-state index is 12.4. The van der Waals surface area contributed by atoms with E-state index in [1.54, 1.807) is 0 Å². The van der Waals surface area contributed by atoms with E-state index >= 15 is 0 Å². The number of hydrogen-bond donors (Lipinski definition) is 0. The highest BCUT2D eigenvalue weighted by molar-refractivity contribution is 5.78. The number of esters is 1. The van der Waals surface area contributed by atoms with Crippen LogP contribution in [0.3, 0.4) is 0 Å². The lowest BCUT2D eigenvalue weighted by atomic mass is 10.0. The van der Waals surface area contributed by atoms with E-state index < -0.39 is 0 Å². The number of benzene rings is 1. The lowest BCUT2D eigenvalue weighted by molar-refractivity contribution is -0.147. The summed E-state index contributed by atoms with van der Waals surface area (Å²) in [7, 11) is 0. The van der Waals surface area contributed by atoms with Crippen LogP contribution in [0.25, 0.3) is 0 Å². The Labute approximate surface area is 134 Å². The molecule has 1 aromatic carbocycles. The summed E-state index contributed by atoms with van der Waals surface area (Å²) in [5.74, 6) is 0.727. The van der Waals surface area contributed by atoms with Crippen molar-refractivity contribution < 1.29 is 9.53 Å². The van der Waals surface area contributed by atoms with Gasteiger partial charge in [0.2, 0.25) is 0 Å². The van der Waals surface area contributed by atoms with Crippen LogP contribution in [0.4, 0.5) is 0 Å². The molecule has 0 radical (unpaired) electrons. The molecule has 2 atom stereocenters. The monoisotopic (exact) mass is 300 g/mol. The summed E-state index contributed by atoms with van der Waals surface area (Å²) < 4.78 is 5.57. The normalized spacial score (nSPS) is 22.3. The van der Waals surface area contributed by atoms with Crippen molar-refractivity contribution in [3.63, 3.8) is 0 Å². The molecule has 2 rings (SSSR count). The van der Waals surface area contributed by atoms with Gasteiger partial charge in [-0.05, 0) is 42.2 Å². The molecule has 22 heavy (non-hydrogen) atoms. The molecule has 0 aliphatic heterocycles. The Kier molecular flexibility index (Phi) is 4.79. The van der Waals surface area contributed by atoms with Crippen LogP contribution in [0.5, 0.6) is 0 Å². The fourth-order valence-electron chi connectivity index (χ4n) is 3.08. The molecule has 0 bridgehead atoms. The van der Waals surface area contributed by atoms with Crippen LogP contribution < -0.4 is 0 Å². The molecule has 2 heteroatoms. The SMILES string of the molecule is CC(C)=C[C@@H]1[C@@H](C(=O)OCc2cccc(C(C)C)c2)C1(C)C. The molecule has 0 N–H and O–H groups in total. The Morgan fingerprint density at radius 1 is 1.32 bits per heavy atom. The van der Waals surface area contributed by atoms with Crippen molar-refractivity contribution in [2.24, 2.45) is 17.3 Å². The van der Waals surface area contributed by atoms with Crippen LogP contribution in [-0.4, -0.2) is 5.97 Å². The van der Waals surface area contributed by atoms with Crippen molar-refractivity contribution in [3.8, 4) is 0 Å². The molecular formula is C20H28O2. The topological polar surface area (TPSA) is 26.3 Å². The Bertz CT molecular complexity index is 577. The minimum absolute atomic E-state index is 0.00400. The fraction of sp³-hybridized carbons (Fsp3) is 0.550. The summed E-state index contributed by atoms with van der Waals surface area (Å²) in [5, 5.41) is 0. The second-order valence-corrected chi connectivity index (χ2v) is 7.58. The Hall–Kier alpha value is -1.57. The van der Waals surface area contributed by atoms with Crippen molar-refractivity contribution in [3.05, 3.63) is 47.0 Å². The first-order valence-electron chi connectivity index (χ1n) is 8.14. The van der Waals surface area contributed by atoms with Gasteiger partial charge in [-0.2, -0.15) is 0 Å². The lowest BCUT2D eigenvalue weighted by Crippen LogP contribution is -2.10. The van der Waals surface area contributed by atoms with Gasteiger partial charge >= 0.3 is 5.97 Å². The number of ether oxygens (including phenoxy) is 1. The minimum Gasteiger partial charge on any atom is -0.461 e. The first kappa shape index (κ1) is 16.8. The maximum Gasteiger partial charge on any atom is 0.310 e. The average Bonchev–Trinajstić information content (AvgIpc) is 2.96. The number of carbonyl (C=O) groups is 1. The summed E-state index contributed by atoms with van der Waals surface area (Å²) in [6.07, 6.45) is 2.20. The van der Waals surface area contributed by atoms with Gasteiger partial charge in [-0.15, -0.1) is 0 Å². The highest BCUT2D eigenvalue weighted by Gasteiger charge is 2.61. The fourth-order valence-corrected chi connectivity index (χ4v) is 3.08. The van der Waals surface area contributed by atoms with Gasteiger partial charge in [0.1, 0.15) is 6.61 Å². The molecule has 0 unspecified atom stereocenters. The minimum atomic E-state index is -0.0672. The van der Waals surface area contributed by atoms with Gasteiger partial charge in [0.25, 0.3) is 0 Å². The van der Waals surface area contributed by atoms with E-state index in [0.29, 0.717) is 18.4 Å². The maximum atomic E-state index is 12.4. The van der Waals surface area contributed by atoms with E-state index in [0.717, 1.165) is 5.56 Å². The van der Waals surface area contributed by atoms with Gasteiger partial charge in [-0.3, -0.25) is 4.79 Å². The van der Waals surface area contributed by atoms with Crippen LogP contribution in [0.15, 0.2) is 35.9 Å². The Morgan fingerprint density at radius 3 is 2.59 bits per heavy atom. The molecule has 0 spiro atoms. The zero-order valence-corrected chi connectivity index (χ0v) is 14.6. The molecule has 1 saturated carbocycles. The largest absolute Gasteiger partial charge is 0.461 e. The van der Waals surface area contributed by atoms with E-state index in [1.807, 2.05) is 12.1 Å². The van der Waals surface area contributed by atoms with Crippen LogP contribution in [0.1, 0.15) is 58.6 Å². The van der Waals surface area contributed by atoms with Crippen LogP contribution in [0.2, 0.25) is 0 Å². The van der Waals surface area contributed by atoms with Crippen molar-refractivity contribution >= 4 is 5.97 Å². The van der Waals surface area contributed by atoms with Gasteiger partial charge in [0, 0.05) is 0 Å². The summed E-state index contributed by atoms with van der Waals surface area (Å²) >= 11 is 0. The molecule has 1 aliphatic carbocycles. The van der Waals surface area contributed by atoms with E-state index in [-0.39, 0.29) is 17.3 Å². The number of allylic oxidation sites excluding steroid dienone is 2. The highest BCUT2D eigenvalue weighted by atomic mass is 16.5. The summed E-state index contributed by atoms with van der Waals surface area (Å²) in [5.41, 5.74) is 3.63. The predicted octanol–water partition coefficient (Wildman–Crippen LogP) is 5.09. The van der Waals surface area contributed by atoms with Gasteiger partial charge in [-0.1, -0.05) is 63.6 Å². The first-order valence-corrected chi connectivity index (χ1v) is 8.14. The van der Waals surface area contributed by atoms with Crippen molar-refractivity contribution in [2.75, 3.05) is 0 Å². The number of carbonyl (C=O) groups excluding carboxylic acids is 1. The zero-order chi connectivity index (χ0) is 16.5. The van der Waals surface area contributed by atoms with Crippen LogP contribution >= 0.6 is 0 Å². The standard InChI is InChI=1S/C20H28O2/c1-13(2)10-17-18(20(17,5)6)19(21)22-12-15-8-7-9-16(11-15)14(3)4/h7-11,14,17-18H,12H2,1-6H3/t17-,18+/m1/s1. The van der Waals surface area contributed by atoms with Crippen LogP contribution in [-0.2, 0) is 16.1 Å². The molecule has 1 fully saturated rings. The molecule has 120 valence electrons. The third kappa shape index (κ3) is 3.60. The zero-order valence-electron chi connectivity index (χ0n) is 14.6. The average molecular weight is 300 g/mol. The summed E-state index contributed by atoms with van der Waals surface area (Å²) in [6, 6.07) is 8.30. The summed E-state index contributed by atoms with van der Waals surface area (Å²) in [6.45, 7) is 13.1. The van der Waals surface area contributed by atoms with E-state index in [4.69, 9.17) is 4.74 Å². The molecular weight excluding hydrogens is 272 g/mol. The first-order chi connectivity index (χ1) is 10.2. The lowest BCUT2D eigenvalue weighted by Gasteiger charge is -2.09. The quantitative estimate of drug-likeness (QED) is 0.559. The smallest absolute Gasteiger partial charge is 0.310 e. The predicted molar refractivity (Wildman–Crippen MR) is 90.5 cm³/mol. The van der Waals surface area contributed by atoms with Gasteiger partial charge in [0.15, 0.2) is 0 Å².